The minimum atomic E-state index is -1.95. The van der Waals surface area contributed by atoms with Crippen molar-refractivity contribution in [1.82, 2.24) is 20.3 Å². The number of carbonyl (C=O) groups is 3. The number of hydrogen-bond donors (Lipinski definition) is 8. The highest BCUT2D eigenvalue weighted by Gasteiger charge is 2.51. The van der Waals surface area contributed by atoms with Gasteiger partial charge in [-0.15, -0.1) is 0 Å². The number of aliphatic hydroxyl groups excluding tert-OH is 4. The van der Waals surface area contributed by atoms with Crippen LogP contribution in [0.5, 0.6) is 0 Å². The van der Waals surface area contributed by atoms with Gasteiger partial charge in [0.1, 0.15) is 30.5 Å². The van der Waals surface area contributed by atoms with Crippen molar-refractivity contribution in [3.63, 3.8) is 0 Å². The lowest BCUT2D eigenvalue weighted by Gasteiger charge is -2.34. The van der Waals surface area contributed by atoms with Crippen molar-refractivity contribution in [2.24, 2.45) is 5.73 Å². The lowest BCUT2D eigenvalue weighted by Crippen LogP contribution is -2.53. The maximum Gasteiger partial charge on any atom is 0.330 e. The molecule has 18 heteroatoms. The predicted molar refractivity (Wildman–Crippen MR) is 114 cm³/mol. The molecule has 1 saturated heterocycles. The van der Waals surface area contributed by atoms with Crippen molar-refractivity contribution in [2.45, 2.75) is 49.1 Å². The summed E-state index contributed by atoms with van der Waals surface area (Å²) in [6, 6.07) is 0.949. The number of nitrogens with zero attached hydrogens (tertiary/aromatic N) is 1. The minimum absolute atomic E-state index is 0.549. The first-order valence-electron chi connectivity index (χ1n) is 10.6. The topological polar surface area (TPSA) is 274 Å². The van der Waals surface area contributed by atoms with E-state index in [1.807, 2.05) is 10.5 Å². The van der Waals surface area contributed by atoms with Crippen LogP contribution in [0.1, 0.15) is 6.23 Å². The lowest BCUT2D eigenvalue weighted by molar-refractivity contribution is -0.240. The van der Waals surface area contributed by atoms with Crippen molar-refractivity contribution in [3.05, 3.63) is 44.9 Å². The Bertz CT molecular complexity index is 1170. The molecule has 1 aromatic heterocycles. The number of H-pyrrole nitrogens is 1. The monoisotopic (exact) mass is 531 g/mol. The molecule has 18 nitrogen and oxygen atoms in total. The number of rotatable bonds is 9. The van der Waals surface area contributed by atoms with Gasteiger partial charge in [-0.05, 0) is 6.08 Å². The molecule has 0 radical (unpaired) electrons. The van der Waals surface area contributed by atoms with Gasteiger partial charge in [0.25, 0.3) is 17.4 Å². The van der Waals surface area contributed by atoms with Crippen molar-refractivity contribution >= 4 is 17.7 Å². The molecule has 0 aliphatic carbocycles. The number of aromatic nitrogens is 2. The molecule has 3 amide bonds. The van der Waals surface area contributed by atoms with Crippen LogP contribution in [-0.4, -0.2) is 104 Å². The molecule has 0 bridgehead atoms. The fraction of sp³-hybridized carbons (Fsp3) is 0.526. The van der Waals surface area contributed by atoms with Crippen LogP contribution in [-0.2, 0) is 33.4 Å². The Hall–Kier alpha value is -3.65. The SMILES string of the molecule is CONC(=O)CNC(=O)C1=CC(O)C(O)C(OC(C(N)=O)C2OC(n3ccc(=O)[nH]c3=O)C(O)C2O)O1. The molecule has 0 spiro atoms. The molecule has 3 rings (SSSR count). The molecule has 9 N–H and O–H groups in total. The molecule has 1 fully saturated rings. The summed E-state index contributed by atoms with van der Waals surface area (Å²) in [7, 11) is 1.17. The summed E-state index contributed by atoms with van der Waals surface area (Å²) in [6.07, 6.45) is -12.7. The number of primary amides is 1. The second-order valence-electron chi connectivity index (χ2n) is 7.86. The van der Waals surface area contributed by atoms with E-state index in [1.165, 1.54) is 7.11 Å². The third-order valence-electron chi connectivity index (χ3n) is 5.30. The van der Waals surface area contributed by atoms with E-state index in [-0.39, 0.29) is 0 Å². The molecule has 3 heterocycles. The first-order valence-corrected chi connectivity index (χ1v) is 10.6. The van der Waals surface area contributed by atoms with Gasteiger partial charge in [0.2, 0.25) is 12.2 Å². The molecule has 0 saturated carbocycles. The van der Waals surface area contributed by atoms with E-state index in [0.29, 0.717) is 0 Å². The van der Waals surface area contributed by atoms with E-state index in [0.717, 1.165) is 22.9 Å². The molecular weight excluding hydrogens is 506 g/mol. The number of aliphatic hydroxyl groups is 4. The summed E-state index contributed by atoms with van der Waals surface area (Å²) in [5, 5.41) is 43.4. The Kier molecular flexibility index (Phi) is 8.76. The Morgan fingerprint density at radius 2 is 1.89 bits per heavy atom. The minimum Gasteiger partial charge on any atom is -0.456 e. The average Bonchev–Trinajstić information content (AvgIpc) is 3.12. The van der Waals surface area contributed by atoms with Crippen LogP contribution in [0.25, 0.3) is 0 Å². The van der Waals surface area contributed by atoms with Crippen LogP contribution in [0.4, 0.5) is 0 Å². The summed E-state index contributed by atoms with van der Waals surface area (Å²) in [5.74, 6) is -3.60. The quantitative estimate of drug-likeness (QED) is 0.138. The molecule has 0 aromatic carbocycles. The maximum absolute atomic E-state index is 12.3. The highest BCUT2D eigenvalue weighted by Crippen LogP contribution is 2.32. The van der Waals surface area contributed by atoms with Gasteiger partial charge in [-0.3, -0.25) is 33.6 Å². The van der Waals surface area contributed by atoms with E-state index in [2.05, 4.69) is 10.2 Å². The van der Waals surface area contributed by atoms with Crippen molar-refractivity contribution in [2.75, 3.05) is 13.7 Å². The molecule has 8 unspecified atom stereocenters. The summed E-state index contributed by atoms with van der Waals surface area (Å²) in [6.45, 7) is -0.549. The number of ether oxygens (including phenoxy) is 3. The number of nitrogens with two attached hydrogens (primary N) is 1. The number of carbonyl (C=O) groups excluding carboxylic acids is 3. The Labute approximate surface area is 206 Å². The molecule has 204 valence electrons. The average molecular weight is 531 g/mol. The third-order valence-corrected chi connectivity index (χ3v) is 5.30. The van der Waals surface area contributed by atoms with Crippen LogP contribution in [0.3, 0.4) is 0 Å². The fourth-order valence-electron chi connectivity index (χ4n) is 3.53. The largest absolute Gasteiger partial charge is 0.456 e. The van der Waals surface area contributed by atoms with E-state index in [9.17, 15) is 44.4 Å². The molecule has 37 heavy (non-hydrogen) atoms. The van der Waals surface area contributed by atoms with E-state index in [4.69, 9.17) is 19.9 Å². The standard InChI is InChI=1S/C19H25N5O13/c1-34-23-9(27)5-21-16(32)7-4-6(25)10(28)18(35-7)37-14(15(20)31)13-11(29)12(30)17(36-13)24-3-2-8(26)22-19(24)33/h2-4,6,10-14,17-18,25,28-30H,5H2,1H3,(H2,20,31)(H,21,32)(H,23,27)(H,22,26,33). The summed E-state index contributed by atoms with van der Waals surface area (Å²) < 4.78 is 16.8. The van der Waals surface area contributed by atoms with Gasteiger partial charge in [-0.25, -0.2) is 10.3 Å². The van der Waals surface area contributed by atoms with Gasteiger partial charge in [-0.2, -0.15) is 0 Å². The zero-order valence-electron chi connectivity index (χ0n) is 19.0. The second kappa shape index (κ2) is 11.6. The number of hydrogen-bond acceptors (Lipinski definition) is 13. The van der Waals surface area contributed by atoms with Crippen LogP contribution >= 0.6 is 0 Å². The van der Waals surface area contributed by atoms with Gasteiger partial charge in [0.05, 0.1) is 13.7 Å². The van der Waals surface area contributed by atoms with E-state index >= 15 is 0 Å². The van der Waals surface area contributed by atoms with Crippen molar-refractivity contribution < 1.29 is 53.9 Å². The van der Waals surface area contributed by atoms with Gasteiger partial charge in [-0.1, -0.05) is 0 Å². The third kappa shape index (κ3) is 6.20. The molecule has 2 aliphatic rings. The lowest BCUT2D eigenvalue weighted by atomic mass is 10.0. The molecule has 2 aliphatic heterocycles. The maximum atomic E-state index is 12.3. The number of aromatic amines is 1. The van der Waals surface area contributed by atoms with E-state index in [1.54, 1.807) is 0 Å². The van der Waals surface area contributed by atoms with Crippen LogP contribution < -0.4 is 27.8 Å². The van der Waals surface area contributed by atoms with Crippen LogP contribution in [0.2, 0.25) is 0 Å². The highest BCUT2D eigenvalue weighted by molar-refractivity contribution is 5.94. The van der Waals surface area contributed by atoms with Crippen LogP contribution in [0, 0.1) is 0 Å². The summed E-state index contributed by atoms with van der Waals surface area (Å²) >= 11 is 0. The smallest absolute Gasteiger partial charge is 0.330 e. The number of nitrogens with one attached hydrogen (secondary N) is 3. The van der Waals surface area contributed by atoms with Gasteiger partial charge in [0.15, 0.2) is 18.1 Å². The van der Waals surface area contributed by atoms with Crippen molar-refractivity contribution in [3.8, 4) is 0 Å². The first kappa shape index (κ1) is 27.9. The Balaban J connectivity index is 1.76. The zero-order valence-corrected chi connectivity index (χ0v) is 19.0. The molecular formula is C19H25N5O13. The van der Waals surface area contributed by atoms with Crippen LogP contribution in [0.15, 0.2) is 33.7 Å². The molecule has 1 aromatic rings. The molecule has 8 atom stereocenters. The summed E-state index contributed by atoms with van der Waals surface area (Å²) in [5.41, 5.74) is 5.58. The second-order valence-corrected chi connectivity index (χ2v) is 7.86. The number of hydroxylamine groups is 1. The van der Waals surface area contributed by atoms with Gasteiger partial charge in [0, 0.05) is 12.3 Å². The first-order chi connectivity index (χ1) is 17.4. The van der Waals surface area contributed by atoms with Gasteiger partial charge >= 0.3 is 5.69 Å². The Morgan fingerprint density at radius 1 is 1.19 bits per heavy atom. The van der Waals surface area contributed by atoms with Crippen molar-refractivity contribution in [1.29, 1.82) is 0 Å². The highest BCUT2D eigenvalue weighted by atomic mass is 16.7. The van der Waals surface area contributed by atoms with Gasteiger partial charge < -0.3 is 45.7 Å². The Morgan fingerprint density at radius 3 is 2.51 bits per heavy atom. The summed E-state index contributed by atoms with van der Waals surface area (Å²) in [4.78, 5) is 65.6. The van der Waals surface area contributed by atoms with E-state index < -0.39 is 90.4 Å². The predicted octanol–water partition coefficient (Wildman–Crippen LogP) is -6.22. The normalized spacial score (nSPS) is 30.1. The zero-order chi connectivity index (χ0) is 27.4. The fourth-order valence-corrected chi connectivity index (χ4v) is 3.53. The number of amides is 3.